The van der Waals surface area contributed by atoms with Gasteiger partial charge in [-0.05, 0) is 42.2 Å². The Bertz CT molecular complexity index is 1540. The van der Waals surface area contributed by atoms with E-state index >= 15 is 0 Å². The van der Waals surface area contributed by atoms with Gasteiger partial charge in [-0.2, -0.15) is 0 Å². The van der Waals surface area contributed by atoms with Crippen LogP contribution in [0.15, 0.2) is 54.7 Å². The van der Waals surface area contributed by atoms with Crippen molar-refractivity contribution in [2.75, 3.05) is 0 Å². The summed E-state index contributed by atoms with van der Waals surface area (Å²) in [6, 6.07) is 7.77. The number of aromatic amines is 1. The summed E-state index contributed by atoms with van der Waals surface area (Å²) in [5, 5.41) is 27.7. The summed E-state index contributed by atoms with van der Waals surface area (Å²) < 4.78 is 0. The number of hydrogen-bond acceptors (Lipinski definition) is 8. The Morgan fingerprint density at radius 2 is 1.31 bits per heavy atom. The van der Waals surface area contributed by atoms with Gasteiger partial charge in [-0.3, -0.25) is 24.0 Å². The second kappa shape index (κ2) is 15.9. The molecular weight excluding hydrogens is 586 g/mol. The molecule has 0 bridgehead atoms. The van der Waals surface area contributed by atoms with E-state index < -0.39 is 59.7 Å². The van der Waals surface area contributed by atoms with Crippen molar-refractivity contribution in [3.63, 3.8) is 0 Å². The summed E-state index contributed by atoms with van der Waals surface area (Å²) in [4.78, 5) is 77.6. The van der Waals surface area contributed by atoms with E-state index in [9.17, 15) is 39.0 Å². The normalized spacial score (nSPS) is 13.6. The van der Waals surface area contributed by atoms with E-state index in [0.29, 0.717) is 11.1 Å². The maximum atomic E-state index is 13.5. The molecule has 5 amide bonds. The molecule has 12 N–H and O–H groups in total. The summed E-state index contributed by atoms with van der Waals surface area (Å²) in [5.41, 5.74) is 18.2. The quantitative estimate of drug-likeness (QED) is 0.0896. The molecule has 0 aliphatic heterocycles. The van der Waals surface area contributed by atoms with Crippen LogP contribution in [0, 0.1) is 0 Å². The molecule has 0 saturated heterocycles. The van der Waals surface area contributed by atoms with Gasteiger partial charge in [0.2, 0.25) is 29.5 Å². The van der Waals surface area contributed by atoms with Gasteiger partial charge >= 0.3 is 5.97 Å². The van der Waals surface area contributed by atoms with Crippen LogP contribution in [-0.4, -0.2) is 74.9 Å². The minimum absolute atomic E-state index is 0.0268. The van der Waals surface area contributed by atoms with Crippen molar-refractivity contribution in [3.8, 4) is 5.75 Å². The molecule has 0 saturated carbocycles. The number of amides is 5. The van der Waals surface area contributed by atoms with Crippen LogP contribution >= 0.6 is 0 Å². The highest BCUT2D eigenvalue weighted by atomic mass is 16.4. The van der Waals surface area contributed by atoms with Crippen molar-refractivity contribution in [2.45, 2.75) is 62.7 Å². The molecule has 15 nitrogen and oxygen atoms in total. The zero-order valence-electron chi connectivity index (χ0n) is 24.3. The Morgan fingerprint density at radius 3 is 1.96 bits per heavy atom. The van der Waals surface area contributed by atoms with Crippen molar-refractivity contribution in [3.05, 3.63) is 65.9 Å². The predicted octanol–water partition coefficient (Wildman–Crippen LogP) is -0.944. The van der Waals surface area contributed by atoms with Crippen molar-refractivity contribution >= 4 is 46.4 Å². The van der Waals surface area contributed by atoms with Crippen molar-refractivity contribution < 1.29 is 39.0 Å². The van der Waals surface area contributed by atoms with Crippen LogP contribution in [0.4, 0.5) is 0 Å². The SMILES string of the molecule is NC(=O)CCC(N)C(=O)NC(Cc1ccc(O)cc1)C(=O)NC(CCC(N)=O)C(=O)NC(Cc1c[nH]c2ccccc12)C(=O)O. The second-order valence-corrected chi connectivity index (χ2v) is 10.6. The number of hydrogen-bond donors (Lipinski definition) is 9. The van der Waals surface area contributed by atoms with Gasteiger partial charge in [0, 0.05) is 42.8 Å². The number of benzene rings is 2. The lowest BCUT2D eigenvalue weighted by atomic mass is 10.0. The number of aliphatic carboxylic acids is 1. The monoisotopic (exact) mass is 623 g/mol. The molecule has 2 aromatic carbocycles. The maximum absolute atomic E-state index is 13.5. The fourth-order valence-corrected chi connectivity index (χ4v) is 4.61. The van der Waals surface area contributed by atoms with Crippen LogP contribution in [0.1, 0.15) is 36.8 Å². The molecule has 0 aliphatic rings. The van der Waals surface area contributed by atoms with Gasteiger partial charge in [-0.25, -0.2) is 4.79 Å². The molecule has 0 spiro atoms. The number of aromatic nitrogens is 1. The Kier molecular flexibility index (Phi) is 12.0. The molecule has 3 rings (SSSR count). The first-order valence-electron chi connectivity index (χ1n) is 14.1. The fraction of sp³-hybridized carbons (Fsp3) is 0.333. The molecule has 4 unspecified atom stereocenters. The third-order valence-corrected chi connectivity index (χ3v) is 7.07. The molecule has 3 aromatic rings. The van der Waals surface area contributed by atoms with Gasteiger partial charge in [0.15, 0.2) is 0 Å². The Balaban J connectivity index is 1.80. The fourth-order valence-electron chi connectivity index (χ4n) is 4.61. The molecule has 1 heterocycles. The summed E-state index contributed by atoms with van der Waals surface area (Å²) >= 11 is 0. The zero-order valence-corrected chi connectivity index (χ0v) is 24.3. The van der Waals surface area contributed by atoms with E-state index in [1.165, 1.54) is 24.3 Å². The van der Waals surface area contributed by atoms with E-state index in [1.807, 2.05) is 12.1 Å². The summed E-state index contributed by atoms with van der Waals surface area (Å²) in [6.07, 6.45) is 0.653. The van der Waals surface area contributed by atoms with E-state index in [-0.39, 0.29) is 44.3 Å². The van der Waals surface area contributed by atoms with Crippen LogP contribution in [0.3, 0.4) is 0 Å². The highest BCUT2D eigenvalue weighted by Gasteiger charge is 2.31. The van der Waals surface area contributed by atoms with Gasteiger partial charge in [0.1, 0.15) is 23.9 Å². The first-order valence-corrected chi connectivity index (χ1v) is 14.1. The minimum atomic E-state index is -1.41. The number of aromatic hydroxyl groups is 1. The molecule has 1 aromatic heterocycles. The first-order chi connectivity index (χ1) is 21.3. The van der Waals surface area contributed by atoms with Gasteiger partial charge < -0.3 is 48.3 Å². The van der Waals surface area contributed by atoms with Crippen molar-refractivity contribution in [1.29, 1.82) is 0 Å². The lowest BCUT2D eigenvalue weighted by molar-refractivity contribution is -0.142. The van der Waals surface area contributed by atoms with Crippen LogP contribution in [0.5, 0.6) is 5.75 Å². The van der Waals surface area contributed by atoms with Crippen LogP contribution < -0.4 is 33.2 Å². The third kappa shape index (κ3) is 10.4. The number of carboxylic acids is 1. The molecule has 15 heteroatoms. The minimum Gasteiger partial charge on any atom is -0.508 e. The smallest absolute Gasteiger partial charge is 0.326 e. The lowest BCUT2D eigenvalue weighted by Gasteiger charge is -2.25. The Morgan fingerprint density at radius 1 is 0.733 bits per heavy atom. The summed E-state index contributed by atoms with van der Waals surface area (Å²) in [6.45, 7) is 0. The standard InChI is InChI=1S/C30H37N7O8/c31-20(9-11-25(32)39)27(41)36-23(13-16-5-7-18(38)8-6-16)29(43)35-22(10-12-26(33)40)28(42)37-24(30(44)45)14-17-15-34-21-4-2-1-3-19(17)21/h1-8,15,20,22-24,34,38H,9-14,31H2,(H2,32,39)(H2,33,40)(H,35,43)(H,36,41)(H,37,42)(H,44,45). The number of fused-ring (bicyclic) bond motifs is 1. The number of para-hydroxylation sites is 1. The molecule has 45 heavy (non-hydrogen) atoms. The predicted molar refractivity (Wildman–Crippen MR) is 162 cm³/mol. The average Bonchev–Trinajstić information content (AvgIpc) is 3.40. The van der Waals surface area contributed by atoms with Crippen LogP contribution in [0.25, 0.3) is 10.9 Å². The number of phenolic OH excluding ortho intramolecular Hbond substituents is 1. The van der Waals surface area contributed by atoms with Gasteiger partial charge in [-0.15, -0.1) is 0 Å². The van der Waals surface area contributed by atoms with E-state index in [0.717, 1.165) is 10.9 Å². The van der Waals surface area contributed by atoms with E-state index in [1.54, 1.807) is 18.3 Å². The number of primary amides is 2. The summed E-state index contributed by atoms with van der Waals surface area (Å²) in [7, 11) is 0. The van der Waals surface area contributed by atoms with Crippen molar-refractivity contribution in [2.24, 2.45) is 17.2 Å². The molecular formula is C30H37N7O8. The zero-order chi connectivity index (χ0) is 33.1. The lowest BCUT2D eigenvalue weighted by Crippen LogP contribution is -2.58. The van der Waals surface area contributed by atoms with Gasteiger partial charge in [0.05, 0.1) is 6.04 Å². The average molecular weight is 624 g/mol. The number of carbonyl (C=O) groups is 6. The second-order valence-electron chi connectivity index (χ2n) is 10.6. The number of carbonyl (C=O) groups excluding carboxylic acids is 5. The van der Waals surface area contributed by atoms with Crippen LogP contribution in [0.2, 0.25) is 0 Å². The molecule has 0 fully saturated rings. The third-order valence-electron chi connectivity index (χ3n) is 7.07. The first kappa shape index (κ1) is 34.1. The molecule has 0 radical (unpaired) electrons. The maximum Gasteiger partial charge on any atom is 0.326 e. The highest BCUT2D eigenvalue weighted by Crippen LogP contribution is 2.19. The number of nitrogens with two attached hydrogens (primary N) is 3. The Labute approximate surface area is 257 Å². The number of carboxylic acid groups (broad SMARTS) is 1. The van der Waals surface area contributed by atoms with Crippen LogP contribution in [-0.2, 0) is 41.6 Å². The summed E-state index contributed by atoms with van der Waals surface area (Å²) in [5.74, 6) is -5.26. The Hall–Kier alpha value is -5.44. The van der Waals surface area contributed by atoms with Gasteiger partial charge in [-0.1, -0.05) is 30.3 Å². The van der Waals surface area contributed by atoms with E-state index in [2.05, 4.69) is 20.9 Å². The molecule has 240 valence electrons. The number of rotatable bonds is 17. The largest absolute Gasteiger partial charge is 0.508 e. The topological polar surface area (TPSA) is 273 Å². The number of nitrogens with one attached hydrogen (secondary N) is 4. The number of H-pyrrole nitrogens is 1. The number of phenols is 1. The molecule has 0 aliphatic carbocycles. The van der Waals surface area contributed by atoms with Crippen molar-refractivity contribution in [1.82, 2.24) is 20.9 Å². The van der Waals surface area contributed by atoms with Gasteiger partial charge in [0.25, 0.3) is 0 Å². The van der Waals surface area contributed by atoms with E-state index in [4.69, 9.17) is 17.2 Å². The highest BCUT2D eigenvalue weighted by molar-refractivity contribution is 5.95. The molecule has 4 atom stereocenters.